The Morgan fingerprint density at radius 3 is 2.43 bits per heavy atom. The van der Waals surface area contributed by atoms with Gasteiger partial charge in [0.1, 0.15) is 17.5 Å². The van der Waals surface area contributed by atoms with Crippen LogP contribution in [0, 0.1) is 11.3 Å². The van der Waals surface area contributed by atoms with Crippen LogP contribution in [0.2, 0.25) is 0 Å². The molecule has 0 spiro atoms. The second kappa shape index (κ2) is 8.33. The molecule has 6 nitrogen and oxygen atoms in total. The summed E-state index contributed by atoms with van der Waals surface area (Å²) in [5.41, 5.74) is 3.16. The summed E-state index contributed by atoms with van der Waals surface area (Å²) in [6.07, 6.45) is 2.09. The van der Waals surface area contributed by atoms with Gasteiger partial charge in [-0.15, -0.1) is 0 Å². The van der Waals surface area contributed by atoms with Crippen LogP contribution in [-0.2, 0) is 9.59 Å². The van der Waals surface area contributed by atoms with E-state index in [2.05, 4.69) is 17.5 Å². The van der Waals surface area contributed by atoms with Crippen molar-refractivity contribution >= 4 is 34.4 Å². The van der Waals surface area contributed by atoms with E-state index in [1.54, 1.807) is 11.3 Å². The van der Waals surface area contributed by atoms with E-state index < -0.39 is 0 Å². The van der Waals surface area contributed by atoms with E-state index in [4.69, 9.17) is 0 Å². The lowest BCUT2D eigenvalue weighted by atomic mass is 10.1. The van der Waals surface area contributed by atoms with E-state index in [1.165, 1.54) is 5.56 Å². The molecule has 1 fully saturated rings. The van der Waals surface area contributed by atoms with E-state index >= 15 is 0 Å². The van der Waals surface area contributed by atoms with E-state index in [0.29, 0.717) is 5.82 Å². The lowest BCUT2D eigenvalue weighted by molar-refractivity contribution is -0.133. The van der Waals surface area contributed by atoms with Crippen molar-refractivity contribution in [2.45, 2.75) is 31.7 Å². The van der Waals surface area contributed by atoms with Gasteiger partial charge in [0.05, 0.1) is 17.4 Å². The summed E-state index contributed by atoms with van der Waals surface area (Å²) in [6.45, 7) is 0.723. The number of carbonyl (C=O) groups excluding carboxylic acids is 2. The van der Waals surface area contributed by atoms with E-state index in [9.17, 15) is 14.9 Å². The van der Waals surface area contributed by atoms with Crippen LogP contribution < -0.4 is 9.80 Å². The van der Waals surface area contributed by atoms with Gasteiger partial charge in [0.2, 0.25) is 5.91 Å². The number of allylic oxidation sites excluding steroid dienone is 1. The van der Waals surface area contributed by atoms with Gasteiger partial charge in [-0.2, -0.15) is 16.6 Å². The van der Waals surface area contributed by atoms with Gasteiger partial charge in [0.15, 0.2) is 5.78 Å². The number of nitrogens with zero attached hydrogens (tertiary/aromatic N) is 4. The Labute approximate surface area is 180 Å². The van der Waals surface area contributed by atoms with Crippen LogP contribution in [0.4, 0.5) is 11.4 Å². The predicted octanol–water partition coefficient (Wildman–Crippen LogP) is 4.08. The molecule has 2 aliphatic heterocycles. The van der Waals surface area contributed by atoms with Gasteiger partial charge in [-0.1, -0.05) is 12.1 Å². The fourth-order valence-electron chi connectivity index (χ4n) is 4.42. The number of ketones is 1. The van der Waals surface area contributed by atoms with Gasteiger partial charge in [0, 0.05) is 33.5 Å². The van der Waals surface area contributed by atoms with Crippen LogP contribution >= 0.6 is 11.3 Å². The Morgan fingerprint density at radius 2 is 1.83 bits per heavy atom. The third-order valence-electron chi connectivity index (χ3n) is 5.92. The highest BCUT2D eigenvalue weighted by Gasteiger charge is 2.33. The van der Waals surface area contributed by atoms with Crippen molar-refractivity contribution < 1.29 is 9.59 Å². The molecule has 1 amide bonds. The van der Waals surface area contributed by atoms with Crippen LogP contribution in [0.1, 0.15) is 37.3 Å². The molecule has 0 N–H and O–H groups in total. The van der Waals surface area contributed by atoms with Crippen molar-refractivity contribution in [3.63, 3.8) is 0 Å². The fraction of sp³-hybridized carbons (Fsp3) is 0.348. The highest BCUT2D eigenvalue weighted by Crippen LogP contribution is 2.40. The number of likely N-dealkylation sites (tertiary alicyclic amines) is 1. The zero-order valence-corrected chi connectivity index (χ0v) is 18.0. The highest BCUT2D eigenvalue weighted by atomic mass is 32.1. The Kier molecular flexibility index (Phi) is 5.60. The zero-order valence-electron chi connectivity index (χ0n) is 17.2. The van der Waals surface area contributed by atoms with Gasteiger partial charge in [0.25, 0.3) is 0 Å². The number of Topliss-reactive ketones (excluding diaryl/α,β-unsaturated/α-hetero) is 1. The van der Waals surface area contributed by atoms with E-state index in [-0.39, 0.29) is 36.1 Å². The largest absolute Gasteiger partial charge is 0.336 e. The Balaban J connectivity index is 1.48. The molecule has 30 heavy (non-hydrogen) atoms. The minimum Gasteiger partial charge on any atom is -0.336 e. The molecule has 2 aliphatic rings. The summed E-state index contributed by atoms with van der Waals surface area (Å²) in [7, 11) is 3.70. The van der Waals surface area contributed by atoms with Crippen LogP contribution in [0.3, 0.4) is 0 Å². The SMILES string of the molecule is CN1C(=C(C#N)C(=O)CCC(=O)N2CCCC2c2ccsc2)N(C)c2ccccc21. The number of hydrogen-bond acceptors (Lipinski definition) is 6. The Bertz CT molecular complexity index is 1010. The minimum atomic E-state index is -0.293. The van der Waals surface area contributed by atoms with Crippen molar-refractivity contribution in [3.05, 3.63) is 58.0 Å². The first-order valence-corrected chi connectivity index (χ1v) is 11.0. The summed E-state index contributed by atoms with van der Waals surface area (Å²) in [6, 6.07) is 12.0. The maximum Gasteiger partial charge on any atom is 0.223 e. The number of amides is 1. The molecule has 4 rings (SSSR count). The molecule has 1 atom stereocenters. The maximum absolute atomic E-state index is 12.9. The molecule has 0 saturated carbocycles. The lowest BCUT2D eigenvalue weighted by Gasteiger charge is -2.24. The first kappa shape index (κ1) is 20.2. The number of thiophene rings is 1. The van der Waals surface area contributed by atoms with Gasteiger partial charge in [-0.3, -0.25) is 9.59 Å². The third kappa shape index (κ3) is 3.48. The molecule has 1 aromatic heterocycles. The standard InChI is InChI=1S/C23H24N4O2S/c1-25-19-6-3-4-7-20(19)26(2)23(25)17(14-24)21(28)9-10-22(29)27-12-5-8-18(27)16-11-13-30-15-16/h3-4,6-7,11,13,15,18H,5,8-10,12H2,1-2H3. The third-order valence-corrected chi connectivity index (χ3v) is 6.62. The van der Waals surface area contributed by atoms with Gasteiger partial charge >= 0.3 is 0 Å². The first-order chi connectivity index (χ1) is 14.5. The molecule has 7 heteroatoms. The maximum atomic E-state index is 12.9. The average molecular weight is 421 g/mol. The normalized spacial score (nSPS) is 17.8. The average Bonchev–Trinajstić information content (AvgIpc) is 3.49. The minimum absolute atomic E-state index is 0.0178. The molecular weight excluding hydrogens is 396 g/mol. The van der Waals surface area contributed by atoms with Crippen LogP contribution in [-0.4, -0.2) is 37.2 Å². The molecule has 1 unspecified atom stereocenters. The molecule has 0 aliphatic carbocycles. The van der Waals surface area contributed by atoms with Gasteiger partial charge < -0.3 is 14.7 Å². The summed E-state index contributed by atoms with van der Waals surface area (Å²) >= 11 is 1.63. The molecule has 0 radical (unpaired) electrons. The Morgan fingerprint density at radius 1 is 1.13 bits per heavy atom. The van der Waals surface area contributed by atoms with Crippen molar-refractivity contribution in [1.29, 1.82) is 5.26 Å². The number of anilines is 2. The number of fused-ring (bicyclic) bond motifs is 1. The highest BCUT2D eigenvalue weighted by molar-refractivity contribution is 7.08. The number of benzene rings is 1. The first-order valence-electron chi connectivity index (χ1n) is 10.1. The zero-order chi connectivity index (χ0) is 21.3. The van der Waals surface area contributed by atoms with Gasteiger partial charge in [-0.25, -0.2) is 0 Å². The van der Waals surface area contributed by atoms with E-state index in [1.807, 2.05) is 58.4 Å². The molecule has 1 saturated heterocycles. The number of hydrogen-bond donors (Lipinski definition) is 0. The molecule has 0 bridgehead atoms. The molecule has 154 valence electrons. The van der Waals surface area contributed by atoms with Crippen molar-refractivity contribution in [3.8, 4) is 6.07 Å². The summed E-state index contributed by atoms with van der Waals surface area (Å²) < 4.78 is 0. The smallest absolute Gasteiger partial charge is 0.223 e. The number of nitriles is 1. The molecule has 2 aromatic rings. The summed E-state index contributed by atoms with van der Waals surface area (Å²) in [5.74, 6) is 0.253. The van der Waals surface area contributed by atoms with E-state index in [0.717, 1.165) is 30.8 Å². The van der Waals surface area contributed by atoms with Crippen molar-refractivity contribution in [2.24, 2.45) is 0 Å². The van der Waals surface area contributed by atoms with Crippen molar-refractivity contribution in [1.82, 2.24) is 4.90 Å². The van der Waals surface area contributed by atoms with Crippen molar-refractivity contribution in [2.75, 3.05) is 30.4 Å². The fourth-order valence-corrected chi connectivity index (χ4v) is 5.13. The number of rotatable bonds is 5. The topological polar surface area (TPSA) is 67.6 Å². The second-order valence-corrected chi connectivity index (χ2v) is 8.42. The van der Waals surface area contributed by atoms with Crippen LogP contribution in [0.15, 0.2) is 52.5 Å². The van der Waals surface area contributed by atoms with Crippen LogP contribution in [0.5, 0.6) is 0 Å². The molecular formula is C23H24N4O2S. The number of para-hydroxylation sites is 2. The monoisotopic (exact) mass is 420 g/mol. The van der Waals surface area contributed by atoms with Gasteiger partial charge in [-0.05, 0) is 47.4 Å². The Hall–Kier alpha value is -3.11. The summed E-state index contributed by atoms with van der Waals surface area (Å²) in [4.78, 5) is 31.4. The lowest BCUT2D eigenvalue weighted by Crippen LogP contribution is -2.31. The quantitative estimate of drug-likeness (QED) is 0.539. The molecule has 1 aromatic carbocycles. The summed E-state index contributed by atoms with van der Waals surface area (Å²) in [5, 5.41) is 13.9. The number of carbonyl (C=O) groups is 2. The molecule has 3 heterocycles. The van der Waals surface area contributed by atoms with Crippen LogP contribution in [0.25, 0.3) is 0 Å². The predicted molar refractivity (Wildman–Crippen MR) is 118 cm³/mol. The second-order valence-electron chi connectivity index (χ2n) is 7.64.